The van der Waals surface area contributed by atoms with Crippen LogP contribution in [0.15, 0.2) is 0 Å². The lowest BCUT2D eigenvalue weighted by molar-refractivity contribution is -0.141. The maximum atomic E-state index is 10.9. The van der Waals surface area contributed by atoms with Gasteiger partial charge in [-0.15, -0.1) is 0 Å². The summed E-state index contributed by atoms with van der Waals surface area (Å²) in [4.78, 5) is 12.1. The summed E-state index contributed by atoms with van der Waals surface area (Å²) < 4.78 is 4.63. The molecule has 0 saturated carbocycles. The third-order valence-electron chi connectivity index (χ3n) is 0.908. The van der Waals surface area contributed by atoms with E-state index in [1.54, 1.807) is 31.0 Å². The van der Waals surface area contributed by atoms with Crippen LogP contribution in [0.2, 0.25) is 0 Å². The van der Waals surface area contributed by atoms with Crippen molar-refractivity contribution in [3.8, 4) is 0 Å². The molecule has 0 rings (SSSR count). The maximum Gasteiger partial charge on any atom is 0.260 e. The molecule has 0 atom stereocenters. The summed E-state index contributed by atoms with van der Waals surface area (Å²) >= 11 is 1.67. The molecule has 0 aromatic carbocycles. The lowest BCUT2D eigenvalue weighted by atomic mass is 10.2. The minimum absolute atomic E-state index is 0.00441. The van der Waals surface area contributed by atoms with Crippen molar-refractivity contribution >= 4 is 36.9 Å². The van der Waals surface area contributed by atoms with E-state index in [1.807, 2.05) is 13.8 Å². The van der Waals surface area contributed by atoms with Crippen LogP contribution in [-0.4, -0.2) is 18.9 Å². The first-order chi connectivity index (χ1) is 4.09. The largest absolute Gasteiger partial charge is 0.274 e. The zero-order valence-electron chi connectivity index (χ0n) is 5.72. The standard InChI is InChI=1S/C4H9BINO2/c1-3(2)4(8)7(5)9-6/h3H,5H2,1-2H3. The predicted octanol–water partition coefficient (Wildman–Crippen LogP) is 0.301. The average Bonchev–Trinajstić information content (AvgIpc) is 1.84. The van der Waals surface area contributed by atoms with E-state index < -0.39 is 0 Å². The first-order valence-electron chi connectivity index (χ1n) is 2.66. The summed E-state index contributed by atoms with van der Waals surface area (Å²) in [6.07, 6.45) is 0. The fourth-order valence-electron chi connectivity index (χ4n) is 0.398. The topological polar surface area (TPSA) is 29.5 Å². The highest BCUT2D eigenvalue weighted by molar-refractivity contribution is 14.1. The minimum atomic E-state index is -0.00981. The van der Waals surface area contributed by atoms with Gasteiger partial charge in [-0.1, -0.05) is 13.8 Å². The molecule has 0 radical (unpaired) electrons. The van der Waals surface area contributed by atoms with Crippen LogP contribution in [0.1, 0.15) is 13.8 Å². The second-order valence-electron chi connectivity index (χ2n) is 2.06. The van der Waals surface area contributed by atoms with Crippen LogP contribution < -0.4 is 0 Å². The highest BCUT2D eigenvalue weighted by atomic mass is 127. The zero-order chi connectivity index (χ0) is 7.44. The van der Waals surface area contributed by atoms with E-state index in [4.69, 9.17) is 0 Å². The summed E-state index contributed by atoms with van der Waals surface area (Å²) in [7, 11) is 1.59. The SMILES string of the molecule is BN(OI)C(=O)C(C)C. The second-order valence-corrected chi connectivity index (χ2v) is 2.45. The molecule has 0 unspecified atom stereocenters. The molecule has 0 aromatic heterocycles. The second kappa shape index (κ2) is 4.11. The summed E-state index contributed by atoms with van der Waals surface area (Å²) in [5.74, 6) is -0.00540. The van der Waals surface area contributed by atoms with E-state index in [1.165, 1.54) is 4.97 Å². The molecule has 0 spiro atoms. The summed E-state index contributed by atoms with van der Waals surface area (Å²) in [5.41, 5.74) is 0. The zero-order valence-corrected chi connectivity index (χ0v) is 7.88. The van der Waals surface area contributed by atoms with Gasteiger partial charge in [0, 0.05) is 5.92 Å². The van der Waals surface area contributed by atoms with E-state index in [9.17, 15) is 4.79 Å². The lowest BCUT2D eigenvalue weighted by Gasteiger charge is -2.14. The number of hydrogen-bond acceptors (Lipinski definition) is 2. The van der Waals surface area contributed by atoms with Crippen LogP contribution >= 0.6 is 23.0 Å². The summed E-state index contributed by atoms with van der Waals surface area (Å²) in [6.45, 7) is 3.66. The molecule has 5 heteroatoms. The Balaban J connectivity index is 3.73. The van der Waals surface area contributed by atoms with Crippen molar-refractivity contribution in [1.29, 1.82) is 0 Å². The van der Waals surface area contributed by atoms with Gasteiger partial charge in [-0.2, -0.15) is 0 Å². The Morgan fingerprint density at radius 2 is 2.22 bits per heavy atom. The molecule has 0 aliphatic heterocycles. The molecule has 3 nitrogen and oxygen atoms in total. The van der Waals surface area contributed by atoms with Crippen LogP contribution in [-0.2, 0) is 7.96 Å². The van der Waals surface area contributed by atoms with Crippen LogP contribution in [0.4, 0.5) is 0 Å². The van der Waals surface area contributed by atoms with E-state index in [2.05, 4.69) is 3.17 Å². The Morgan fingerprint density at radius 1 is 1.78 bits per heavy atom. The van der Waals surface area contributed by atoms with Gasteiger partial charge < -0.3 is 0 Å². The normalized spacial score (nSPS) is 9.78. The molecule has 0 aliphatic carbocycles. The number of hydroxylamine groups is 1. The monoisotopic (exact) mass is 241 g/mol. The number of rotatable bonds is 2. The third-order valence-corrected chi connectivity index (χ3v) is 1.50. The Bertz CT molecular complexity index is 109. The average molecular weight is 241 g/mol. The van der Waals surface area contributed by atoms with Crippen molar-refractivity contribution in [2.45, 2.75) is 13.8 Å². The number of halogens is 1. The van der Waals surface area contributed by atoms with Crippen molar-refractivity contribution in [1.82, 2.24) is 4.97 Å². The highest BCUT2D eigenvalue weighted by Gasteiger charge is 2.11. The molecule has 0 bridgehead atoms. The molecule has 0 aromatic rings. The summed E-state index contributed by atoms with van der Waals surface area (Å²) in [5, 5.41) is 0. The minimum Gasteiger partial charge on any atom is -0.274 e. The molecular formula is C4H9BINO2. The Labute approximate surface area is 69.8 Å². The summed E-state index contributed by atoms with van der Waals surface area (Å²) in [6, 6.07) is 0. The van der Waals surface area contributed by atoms with Gasteiger partial charge in [0.2, 0.25) is 5.91 Å². The van der Waals surface area contributed by atoms with Gasteiger partial charge in [0.05, 0.1) is 0 Å². The van der Waals surface area contributed by atoms with Gasteiger partial charge in [0.1, 0.15) is 23.0 Å². The Kier molecular flexibility index (Phi) is 4.21. The molecule has 0 fully saturated rings. The van der Waals surface area contributed by atoms with Crippen molar-refractivity contribution in [2.24, 2.45) is 5.92 Å². The van der Waals surface area contributed by atoms with Crippen molar-refractivity contribution < 1.29 is 7.96 Å². The Hall–Kier alpha value is 0.225. The van der Waals surface area contributed by atoms with E-state index >= 15 is 0 Å². The quantitative estimate of drug-likeness (QED) is 0.395. The van der Waals surface area contributed by atoms with Crippen LogP contribution in [0, 0.1) is 5.92 Å². The maximum absolute atomic E-state index is 10.9. The predicted molar refractivity (Wildman–Crippen MR) is 45.3 cm³/mol. The number of carbonyl (C=O) groups excluding carboxylic acids is 1. The van der Waals surface area contributed by atoms with Crippen LogP contribution in [0.5, 0.6) is 0 Å². The van der Waals surface area contributed by atoms with E-state index in [0.717, 1.165) is 0 Å². The van der Waals surface area contributed by atoms with Crippen molar-refractivity contribution in [3.63, 3.8) is 0 Å². The van der Waals surface area contributed by atoms with Gasteiger partial charge in [-0.25, -0.2) is 3.17 Å². The molecule has 0 heterocycles. The molecule has 52 valence electrons. The molecule has 1 amide bonds. The number of nitrogens with zero attached hydrogens (tertiary/aromatic N) is 1. The molecule has 0 N–H and O–H groups in total. The molecular weight excluding hydrogens is 232 g/mol. The lowest BCUT2D eigenvalue weighted by Crippen LogP contribution is -2.29. The van der Waals surface area contributed by atoms with Crippen molar-refractivity contribution in [3.05, 3.63) is 0 Å². The smallest absolute Gasteiger partial charge is 0.260 e. The van der Waals surface area contributed by atoms with Gasteiger partial charge in [-0.3, -0.25) is 9.77 Å². The van der Waals surface area contributed by atoms with E-state index in [-0.39, 0.29) is 11.8 Å². The van der Waals surface area contributed by atoms with Gasteiger partial charge >= 0.3 is 0 Å². The van der Waals surface area contributed by atoms with Crippen LogP contribution in [0.3, 0.4) is 0 Å². The molecule has 9 heavy (non-hydrogen) atoms. The molecule has 0 aliphatic rings. The first-order valence-corrected chi connectivity index (χ1v) is 3.54. The first kappa shape index (κ1) is 9.22. The fraction of sp³-hybridized carbons (Fsp3) is 0.750. The number of amides is 1. The van der Waals surface area contributed by atoms with Gasteiger partial charge in [0.25, 0.3) is 7.98 Å². The van der Waals surface area contributed by atoms with Gasteiger partial charge in [-0.05, 0) is 0 Å². The van der Waals surface area contributed by atoms with Gasteiger partial charge in [0.15, 0.2) is 0 Å². The molecule has 0 saturated heterocycles. The van der Waals surface area contributed by atoms with E-state index in [0.29, 0.717) is 0 Å². The number of carbonyl (C=O) groups is 1. The Morgan fingerprint density at radius 3 is 2.33 bits per heavy atom. The van der Waals surface area contributed by atoms with Crippen LogP contribution in [0.25, 0.3) is 0 Å². The highest BCUT2D eigenvalue weighted by Crippen LogP contribution is 2.00. The fourth-order valence-corrected chi connectivity index (χ4v) is 0.592. The third kappa shape index (κ3) is 3.05. The number of hydrogen-bond donors (Lipinski definition) is 0. The van der Waals surface area contributed by atoms with Crippen molar-refractivity contribution in [2.75, 3.05) is 0 Å².